The fourth-order valence-electron chi connectivity index (χ4n) is 5.50. The van der Waals surface area contributed by atoms with Crippen molar-refractivity contribution in [1.82, 2.24) is 0 Å². The van der Waals surface area contributed by atoms with Crippen molar-refractivity contribution in [2.24, 2.45) is 11.8 Å². The SMILES string of the molecule is C1=CCC2=C(C1)CC=C2C1(c2cccs2)C2CCCCC21. The van der Waals surface area contributed by atoms with Gasteiger partial charge in [-0.05, 0) is 66.5 Å². The zero-order valence-corrected chi connectivity index (χ0v) is 13.3. The summed E-state index contributed by atoms with van der Waals surface area (Å²) in [6, 6.07) is 4.68. The van der Waals surface area contributed by atoms with Crippen LogP contribution in [0, 0.1) is 11.8 Å². The van der Waals surface area contributed by atoms with Crippen LogP contribution in [0.4, 0.5) is 0 Å². The Morgan fingerprint density at radius 2 is 1.81 bits per heavy atom. The molecule has 4 aliphatic carbocycles. The van der Waals surface area contributed by atoms with Crippen LogP contribution < -0.4 is 0 Å². The van der Waals surface area contributed by atoms with E-state index in [0.29, 0.717) is 5.41 Å². The van der Waals surface area contributed by atoms with Crippen molar-refractivity contribution in [2.75, 3.05) is 0 Å². The van der Waals surface area contributed by atoms with Crippen molar-refractivity contribution in [2.45, 2.75) is 50.4 Å². The molecule has 0 amide bonds. The van der Waals surface area contributed by atoms with Gasteiger partial charge < -0.3 is 0 Å². The minimum Gasteiger partial charge on any atom is -0.148 e. The Hall–Kier alpha value is -1.08. The lowest BCUT2D eigenvalue weighted by Crippen LogP contribution is -2.15. The normalized spacial score (nSPS) is 37.2. The molecule has 21 heavy (non-hydrogen) atoms. The van der Waals surface area contributed by atoms with Crippen LogP contribution in [-0.4, -0.2) is 0 Å². The van der Waals surface area contributed by atoms with Crippen LogP contribution in [-0.2, 0) is 5.41 Å². The van der Waals surface area contributed by atoms with Crippen LogP contribution in [0.1, 0.15) is 49.8 Å². The van der Waals surface area contributed by atoms with E-state index in [-0.39, 0.29) is 0 Å². The molecule has 2 unspecified atom stereocenters. The van der Waals surface area contributed by atoms with Crippen LogP contribution in [0.25, 0.3) is 0 Å². The average Bonchev–Trinajstić information content (AvgIpc) is 2.94. The molecule has 0 N–H and O–H groups in total. The molecule has 1 heteroatoms. The molecule has 4 aliphatic rings. The highest BCUT2D eigenvalue weighted by Gasteiger charge is 2.67. The summed E-state index contributed by atoms with van der Waals surface area (Å²) in [5.41, 5.74) is 5.61. The van der Waals surface area contributed by atoms with Crippen molar-refractivity contribution in [3.63, 3.8) is 0 Å². The van der Waals surface area contributed by atoms with Crippen LogP contribution in [0.3, 0.4) is 0 Å². The Morgan fingerprint density at radius 1 is 1.00 bits per heavy atom. The van der Waals surface area contributed by atoms with E-state index in [1.165, 1.54) is 44.9 Å². The molecule has 108 valence electrons. The van der Waals surface area contributed by atoms with E-state index >= 15 is 0 Å². The van der Waals surface area contributed by atoms with Crippen molar-refractivity contribution >= 4 is 11.3 Å². The highest BCUT2D eigenvalue weighted by atomic mass is 32.1. The molecule has 0 aliphatic heterocycles. The summed E-state index contributed by atoms with van der Waals surface area (Å²) in [6.07, 6.45) is 16.8. The molecule has 1 aromatic rings. The van der Waals surface area contributed by atoms with Crippen LogP contribution in [0.2, 0.25) is 0 Å². The van der Waals surface area contributed by atoms with Gasteiger partial charge in [0.1, 0.15) is 0 Å². The van der Waals surface area contributed by atoms with E-state index < -0.39 is 0 Å². The molecule has 0 bridgehead atoms. The Labute approximate surface area is 131 Å². The lowest BCUT2D eigenvalue weighted by molar-refractivity contribution is 0.480. The number of fused-ring (bicyclic) bond motifs is 1. The molecule has 0 radical (unpaired) electrons. The molecular formula is C20H22S. The molecule has 2 saturated carbocycles. The molecule has 0 spiro atoms. The summed E-state index contributed by atoms with van der Waals surface area (Å²) in [5, 5.41) is 2.28. The molecule has 2 atom stereocenters. The van der Waals surface area contributed by atoms with E-state index in [9.17, 15) is 0 Å². The fourth-order valence-corrected chi connectivity index (χ4v) is 6.57. The topological polar surface area (TPSA) is 0 Å². The van der Waals surface area contributed by atoms with Gasteiger partial charge in [-0.3, -0.25) is 0 Å². The van der Waals surface area contributed by atoms with Gasteiger partial charge in [-0.15, -0.1) is 11.3 Å². The number of rotatable bonds is 2. The summed E-state index contributed by atoms with van der Waals surface area (Å²) in [6.45, 7) is 0. The molecule has 1 aromatic heterocycles. The zero-order valence-electron chi connectivity index (χ0n) is 12.5. The second-order valence-electron chi connectivity index (χ2n) is 7.13. The Kier molecular flexibility index (Phi) is 2.65. The minimum absolute atomic E-state index is 0.424. The number of hydrogen-bond acceptors (Lipinski definition) is 1. The lowest BCUT2D eigenvalue weighted by Gasteiger charge is -2.23. The van der Waals surface area contributed by atoms with Gasteiger partial charge in [-0.2, -0.15) is 0 Å². The fraction of sp³-hybridized carbons (Fsp3) is 0.500. The first-order valence-electron chi connectivity index (χ1n) is 8.53. The van der Waals surface area contributed by atoms with Gasteiger partial charge in [0.15, 0.2) is 0 Å². The maximum Gasteiger partial charge on any atom is 0.0358 e. The summed E-state index contributed by atoms with van der Waals surface area (Å²) in [4.78, 5) is 1.66. The van der Waals surface area contributed by atoms with Crippen LogP contribution in [0.5, 0.6) is 0 Å². The predicted molar refractivity (Wildman–Crippen MR) is 89.5 cm³/mol. The third-order valence-electron chi connectivity index (χ3n) is 6.36. The smallest absolute Gasteiger partial charge is 0.0358 e. The first-order valence-corrected chi connectivity index (χ1v) is 9.41. The van der Waals surface area contributed by atoms with Gasteiger partial charge >= 0.3 is 0 Å². The summed E-state index contributed by atoms with van der Waals surface area (Å²) in [7, 11) is 0. The first kappa shape index (κ1) is 12.5. The van der Waals surface area contributed by atoms with Gasteiger partial charge in [0.2, 0.25) is 0 Å². The van der Waals surface area contributed by atoms with Crippen LogP contribution in [0.15, 0.2) is 52.5 Å². The van der Waals surface area contributed by atoms with Gasteiger partial charge in [-0.25, -0.2) is 0 Å². The molecular weight excluding hydrogens is 272 g/mol. The maximum atomic E-state index is 2.61. The van der Waals surface area contributed by atoms with Crippen molar-refractivity contribution in [3.8, 4) is 0 Å². The van der Waals surface area contributed by atoms with Crippen molar-refractivity contribution in [1.29, 1.82) is 0 Å². The molecule has 1 heterocycles. The summed E-state index contributed by atoms with van der Waals surface area (Å²) in [5.74, 6) is 1.88. The number of thiophene rings is 1. The van der Waals surface area contributed by atoms with Gasteiger partial charge in [-0.1, -0.05) is 42.7 Å². The maximum absolute atomic E-state index is 2.61. The minimum atomic E-state index is 0.424. The van der Waals surface area contributed by atoms with Gasteiger partial charge in [0, 0.05) is 10.3 Å². The third kappa shape index (κ3) is 1.56. The standard InChI is InChI=1S/C20H22S/c1-2-7-15-14(6-1)11-12-16(15)20(19-10-5-13-21-19)17-8-3-4-9-18(17)20/h1-2,5,10,12-13,17-18H,3-4,6-9,11H2. The number of allylic oxidation sites excluding steroid dienone is 6. The molecule has 2 fully saturated rings. The second-order valence-corrected chi connectivity index (χ2v) is 8.08. The summed E-state index contributed by atoms with van der Waals surface area (Å²) < 4.78 is 0. The lowest BCUT2D eigenvalue weighted by atomic mass is 9.82. The molecule has 0 saturated heterocycles. The van der Waals surface area contributed by atoms with E-state index in [1.54, 1.807) is 21.6 Å². The summed E-state index contributed by atoms with van der Waals surface area (Å²) >= 11 is 2.00. The van der Waals surface area contributed by atoms with E-state index in [1.807, 2.05) is 11.3 Å². The third-order valence-corrected chi connectivity index (χ3v) is 7.38. The Balaban J connectivity index is 1.63. The second kappa shape index (κ2) is 4.46. The monoisotopic (exact) mass is 294 g/mol. The van der Waals surface area contributed by atoms with Crippen molar-refractivity contribution in [3.05, 3.63) is 57.3 Å². The van der Waals surface area contributed by atoms with E-state index in [0.717, 1.165) is 11.8 Å². The Bertz CT molecular complexity index is 644. The number of hydrogen-bond donors (Lipinski definition) is 0. The van der Waals surface area contributed by atoms with Gasteiger partial charge in [0.25, 0.3) is 0 Å². The first-order chi connectivity index (χ1) is 10.4. The van der Waals surface area contributed by atoms with Gasteiger partial charge in [0.05, 0.1) is 0 Å². The molecule has 5 rings (SSSR count). The quantitative estimate of drug-likeness (QED) is 0.606. The highest BCUT2D eigenvalue weighted by molar-refractivity contribution is 7.10. The molecule has 0 aromatic carbocycles. The average molecular weight is 294 g/mol. The van der Waals surface area contributed by atoms with Crippen LogP contribution >= 0.6 is 11.3 Å². The highest BCUT2D eigenvalue weighted by Crippen LogP contribution is 2.72. The zero-order chi connectivity index (χ0) is 13.9. The predicted octanol–water partition coefficient (Wildman–Crippen LogP) is 5.78. The largest absolute Gasteiger partial charge is 0.148 e. The van der Waals surface area contributed by atoms with Crippen molar-refractivity contribution < 1.29 is 0 Å². The Morgan fingerprint density at radius 3 is 2.57 bits per heavy atom. The van der Waals surface area contributed by atoms with E-state index in [2.05, 4.69) is 35.7 Å². The van der Waals surface area contributed by atoms with E-state index in [4.69, 9.17) is 0 Å². The molecule has 0 nitrogen and oxygen atoms in total.